The average Bonchev–Trinajstić information content (AvgIpc) is 3.00. The van der Waals surface area contributed by atoms with E-state index in [0.29, 0.717) is 0 Å². The van der Waals surface area contributed by atoms with E-state index in [0.717, 1.165) is 96.1 Å². The SMILES string of the molecule is F[Si](C#C[Si](F)(c1cccc2ccccc12)C1CCCCC1)(c1cccc2ccccc12)C1CCCCC1. The Morgan fingerprint density at radius 2 is 0.842 bits per heavy atom. The predicted molar refractivity (Wildman–Crippen MR) is 162 cm³/mol. The highest BCUT2D eigenvalue weighted by Gasteiger charge is 2.49. The van der Waals surface area contributed by atoms with Crippen LogP contribution in [-0.2, 0) is 0 Å². The number of hydrogen-bond acceptors (Lipinski definition) is 0. The Hall–Kier alpha value is -2.75. The first-order chi connectivity index (χ1) is 18.6. The molecule has 2 fully saturated rings. The van der Waals surface area contributed by atoms with E-state index in [1.807, 2.05) is 84.9 Å². The lowest BCUT2D eigenvalue weighted by Gasteiger charge is -2.33. The van der Waals surface area contributed by atoms with Gasteiger partial charge in [-0.25, -0.2) is 0 Å². The van der Waals surface area contributed by atoms with Gasteiger partial charge in [-0.2, -0.15) is 0 Å². The lowest BCUT2D eigenvalue weighted by molar-refractivity contribution is 0.479. The zero-order valence-corrected chi connectivity index (χ0v) is 24.1. The predicted octanol–water partition coefficient (Wildman–Crippen LogP) is 8.69. The molecular formula is C34H36F2Si2. The standard InChI is InChI=1S/C34H36F2Si2/c35-37(29-17-3-1-4-18-29,33-23-11-15-27-13-7-9-21-31(27)33)25-26-38(36,30-19-5-2-6-20-30)34-24-12-16-28-14-8-10-22-32(28)34/h7-16,21-24,29-30H,1-6,17-20H2. The highest BCUT2D eigenvalue weighted by Crippen LogP contribution is 2.41. The quantitative estimate of drug-likeness (QED) is 0.138. The van der Waals surface area contributed by atoms with Gasteiger partial charge >= 0.3 is 16.8 Å². The minimum atomic E-state index is -3.83. The van der Waals surface area contributed by atoms with Crippen molar-refractivity contribution in [2.24, 2.45) is 0 Å². The highest BCUT2D eigenvalue weighted by atomic mass is 28.4. The van der Waals surface area contributed by atoms with Gasteiger partial charge in [-0.05, 0) is 68.7 Å². The first kappa shape index (κ1) is 25.5. The molecule has 0 saturated heterocycles. The summed E-state index contributed by atoms with van der Waals surface area (Å²) < 4.78 is 35.8. The summed E-state index contributed by atoms with van der Waals surface area (Å²) in [6.45, 7) is 0. The fraction of sp³-hybridized carbons (Fsp3) is 0.353. The molecule has 2 saturated carbocycles. The van der Waals surface area contributed by atoms with Crippen molar-refractivity contribution in [1.29, 1.82) is 0 Å². The molecule has 2 unspecified atom stereocenters. The summed E-state index contributed by atoms with van der Waals surface area (Å²) in [5.74, 6) is 0. The summed E-state index contributed by atoms with van der Waals surface area (Å²) in [5.41, 5.74) is 6.41. The second-order valence-corrected chi connectivity index (χ2v) is 17.5. The molecule has 0 nitrogen and oxygen atoms in total. The van der Waals surface area contributed by atoms with Crippen LogP contribution in [0.5, 0.6) is 0 Å². The summed E-state index contributed by atoms with van der Waals surface area (Å²) in [6.07, 6.45) is 9.92. The van der Waals surface area contributed by atoms with Gasteiger partial charge in [-0.15, -0.1) is 0 Å². The van der Waals surface area contributed by atoms with Crippen molar-refractivity contribution >= 4 is 48.7 Å². The summed E-state index contributed by atoms with van der Waals surface area (Å²) >= 11 is 0. The molecule has 2 atom stereocenters. The lowest BCUT2D eigenvalue weighted by atomic mass is 10.0. The number of rotatable bonds is 4. The summed E-state index contributed by atoms with van der Waals surface area (Å²) in [4.78, 5) is 0. The smallest absolute Gasteiger partial charge is 0.291 e. The largest absolute Gasteiger partial charge is 0.356 e. The van der Waals surface area contributed by atoms with Crippen molar-refractivity contribution in [3.63, 3.8) is 0 Å². The Morgan fingerprint density at radius 1 is 0.474 bits per heavy atom. The van der Waals surface area contributed by atoms with E-state index in [2.05, 4.69) is 11.1 Å². The lowest BCUT2D eigenvalue weighted by Crippen LogP contribution is -2.51. The molecule has 2 aliphatic carbocycles. The van der Waals surface area contributed by atoms with Crippen LogP contribution in [0.25, 0.3) is 21.5 Å². The van der Waals surface area contributed by atoms with Crippen LogP contribution in [-0.4, -0.2) is 16.8 Å². The highest BCUT2D eigenvalue weighted by molar-refractivity contribution is 7.00. The van der Waals surface area contributed by atoms with Gasteiger partial charge in [0.15, 0.2) is 0 Å². The molecule has 4 aromatic carbocycles. The molecular weight excluding hydrogens is 503 g/mol. The van der Waals surface area contributed by atoms with E-state index in [9.17, 15) is 0 Å². The number of benzene rings is 4. The minimum absolute atomic E-state index is 0.0771. The molecule has 194 valence electrons. The van der Waals surface area contributed by atoms with Gasteiger partial charge in [0.05, 0.1) is 0 Å². The molecule has 0 aliphatic heterocycles. The Morgan fingerprint density at radius 3 is 1.26 bits per heavy atom. The molecule has 0 bridgehead atoms. The van der Waals surface area contributed by atoms with E-state index in [1.54, 1.807) is 0 Å². The van der Waals surface area contributed by atoms with Crippen LogP contribution in [0.4, 0.5) is 8.22 Å². The second kappa shape index (κ2) is 10.8. The summed E-state index contributed by atoms with van der Waals surface area (Å²) in [5, 5.41) is 5.52. The molecule has 0 amide bonds. The van der Waals surface area contributed by atoms with Crippen molar-refractivity contribution in [3.8, 4) is 11.1 Å². The van der Waals surface area contributed by atoms with Crippen molar-refractivity contribution in [2.45, 2.75) is 75.3 Å². The summed E-state index contributed by atoms with van der Waals surface area (Å²) in [7, 11) is -7.66. The molecule has 2 aliphatic rings. The Balaban J connectivity index is 1.56. The normalized spacial score (nSPS) is 20.4. The zero-order valence-electron chi connectivity index (χ0n) is 22.1. The molecule has 6 rings (SSSR count). The maximum atomic E-state index is 17.9. The summed E-state index contributed by atoms with van der Waals surface area (Å²) in [6, 6.07) is 28.1. The maximum absolute atomic E-state index is 17.9. The van der Waals surface area contributed by atoms with Crippen LogP contribution in [0.1, 0.15) is 64.2 Å². The fourth-order valence-corrected chi connectivity index (χ4v) is 14.4. The van der Waals surface area contributed by atoms with Gasteiger partial charge in [0.2, 0.25) is 0 Å². The van der Waals surface area contributed by atoms with E-state index in [4.69, 9.17) is 0 Å². The van der Waals surface area contributed by atoms with Crippen molar-refractivity contribution in [1.82, 2.24) is 0 Å². The number of fused-ring (bicyclic) bond motifs is 2. The average molecular weight is 539 g/mol. The zero-order chi connectivity index (χ0) is 26.0. The third kappa shape index (κ3) is 4.65. The topological polar surface area (TPSA) is 0 Å². The minimum Gasteiger partial charge on any atom is -0.291 e. The Kier molecular flexibility index (Phi) is 7.25. The van der Waals surface area contributed by atoms with Crippen LogP contribution >= 0.6 is 0 Å². The van der Waals surface area contributed by atoms with Gasteiger partial charge in [0.25, 0.3) is 0 Å². The monoisotopic (exact) mass is 538 g/mol. The van der Waals surface area contributed by atoms with Crippen LogP contribution in [0.3, 0.4) is 0 Å². The molecule has 0 heterocycles. The van der Waals surface area contributed by atoms with Crippen LogP contribution in [0.15, 0.2) is 84.9 Å². The van der Waals surface area contributed by atoms with Crippen molar-refractivity contribution in [3.05, 3.63) is 84.9 Å². The van der Waals surface area contributed by atoms with Gasteiger partial charge in [0, 0.05) is 0 Å². The number of halogens is 2. The third-order valence-electron chi connectivity index (χ3n) is 9.12. The van der Waals surface area contributed by atoms with E-state index in [1.165, 1.54) is 0 Å². The van der Waals surface area contributed by atoms with Crippen molar-refractivity contribution in [2.75, 3.05) is 0 Å². The van der Waals surface area contributed by atoms with Gasteiger partial charge < -0.3 is 0 Å². The molecule has 0 radical (unpaired) electrons. The molecule has 38 heavy (non-hydrogen) atoms. The molecule has 0 spiro atoms. The Labute approximate surface area is 227 Å². The maximum Gasteiger partial charge on any atom is 0.356 e. The Bertz CT molecular complexity index is 1370. The third-order valence-corrected chi connectivity index (χ3v) is 16.2. The molecule has 4 aromatic rings. The second-order valence-electron chi connectivity index (χ2n) is 11.4. The molecule has 4 heteroatoms. The van der Waals surface area contributed by atoms with E-state index < -0.39 is 16.8 Å². The van der Waals surface area contributed by atoms with Crippen LogP contribution < -0.4 is 10.4 Å². The fourth-order valence-electron chi connectivity index (χ4n) is 7.05. The van der Waals surface area contributed by atoms with Gasteiger partial charge in [0.1, 0.15) is 0 Å². The van der Waals surface area contributed by atoms with Crippen LogP contribution in [0.2, 0.25) is 11.1 Å². The van der Waals surface area contributed by atoms with E-state index in [-0.39, 0.29) is 11.1 Å². The molecule has 0 N–H and O–H groups in total. The molecule has 0 aromatic heterocycles. The first-order valence-corrected chi connectivity index (χ1v) is 18.4. The van der Waals surface area contributed by atoms with Crippen LogP contribution in [0, 0.1) is 11.1 Å². The van der Waals surface area contributed by atoms with Gasteiger partial charge in [-0.3, -0.25) is 8.22 Å². The first-order valence-electron chi connectivity index (χ1n) is 14.5. The van der Waals surface area contributed by atoms with Gasteiger partial charge in [-0.1, -0.05) is 135 Å². The van der Waals surface area contributed by atoms with Crippen molar-refractivity contribution < 1.29 is 8.22 Å². The van der Waals surface area contributed by atoms with E-state index >= 15 is 8.22 Å². The number of hydrogen-bond donors (Lipinski definition) is 0.